The average molecular weight is 264 g/mol. The van der Waals surface area contributed by atoms with Crippen molar-refractivity contribution in [2.75, 3.05) is 0 Å². The Kier molecular flexibility index (Phi) is 3.43. The second-order valence-electron chi connectivity index (χ2n) is 5.86. The van der Waals surface area contributed by atoms with E-state index in [0.717, 1.165) is 17.5 Å². The van der Waals surface area contributed by atoms with Gasteiger partial charge in [-0.1, -0.05) is 30.3 Å². The Labute approximate surface area is 120 Å². The summed E-state index contributed by atoms with van der Waals surface area (Å²) in [6.07, 6.45) is 4.02. The minimum Gasteiger partial charge on any atom is -0.294 e. The van der Waals surface area contributed by atoms with Crippen molar-refractivity contribution in [1.82, 2.24) is 0 Å². The molecule has 0 spiro atoms. The lowest BCUT2D eigenvalue weighted by molar-refractivity contribution is 0.0993. The molecule has 1 aliphatic rings. The van der Waals surface area contributed by atoms with Crippen molar-refractivity contribution in [3.8, 4) is 0 Å². The van der Waals surface area contributed by atoms with Gasteiger partial charge in [-0.2, -0.15) is 0 Å². The van der Waals surface area contributed by atoms with Crippen LogP contribution < -0.4 is 0 Å². The molecule has 0 unspecified atom stereocenters. The van der Waals surface area contributed by atoms with Gasteiger partial charge in [-0.05, 0) is 67.0 Å². The molecule has 0 aliphatic heterocycles. The van der Waals surface area contributed by atoms with E-state index in [-0.39, 0.29) is 5.78 Å². The van der Waals surface area contributed by atoms with E-state index in [1.807, 2.05) is 6.07 Å². The van der Waals surface area contributed by atoms with E-state index in [4.69, 9.17) is 0 Å². The molecule has 0 N–H and O–H groups in total. The second kappa shape index (κ2) is 5.24. The molecule has 0 saturated carbocycles. The summed E-state index contributed by atoms with van der Waals surface area (Å²) in [5, 5.41) is 0. The molecule has 0 aromatic heterocycles. The summed E-state index contributed by atoms with van der Waals surface area (Å²) in [4.78, 5) is 12.4. The van der Waals surface area contributed by atoms with Crippen LogP contribution in [0.5, 0.6) is 0 Å². The van der Waals surface area contributed by atoms with Crippen molar-refractivity contribution in [2.24, 2.45) is 0 Å². The van der Waals surface area contributed by atoms with Crippen LogP contribution in [0.4, 0.5) is 0 Å². The molecule has 0 amide bonds. The third kappa shape index (κ3) is 2.53. The predicted molar refractivity (Wildman–Crippen MR) is 82.4 cm³/mol. The van der Waals surface area contributed by atoms with Gasteiger partial charge >= 0.3 is 0 Å². The maximum absolute atomic E-state index is 12.4. The molecule has 0 bridgehead atoms. The zero-order valence-electron chi connectivity index (χ0n) is 12.2. The van der Waals surface area contributed by atoms with Crippen molar-refractivity contribution in [3.63, 3.8) is 0 Å². The molecule has 20 heavy (non-hydrogen) atoms. The molecule has 3 rings (SSSR count). The Morgan fingerprint density at radius 1 is 0.950 bits per heavy atom. The third-order valence-corrected chi connectivity index (χ3v) is 4.36. The number of fused-ring (bicyclic) bond motifs is 1. The number of benzene rings is 2. The summed E-state index contributed by atoms with van der Waals surface area (Å²) in [5.74, 6) is 0.225. The van der Waals surface area contributed by atoms with Gasteiger partial charge in [0.1, 0.15) is 0 Å². The molecule has 2 aromatic rings. The number of hydrogen-bond donors (Lipinski definition) is 0. The Morgan fingerprint density at radius 3 is 2.55 bits per heavy atom. The Balaban J connectivity index is 1.80. The van der Waals surface area contributed by atoms with Crippen LogP contribution in [0.2, 0.25) is 0 Å². The first-order chi connectivity index (χ1) is 9.63. The van der Waals surface area contributed by atoms with Crippen LogP contribution in [0, 0.1) is 13.8 Å². The topological polar surface area (TPSA) is 17.1 Å². The third-order valence-electron chi connectivity index (χ3n) is 4.36. The minimum atomic E-state index is 0.225. The fraction of sp³-hybridized carbons (Fsp3) is 0.316. The summed E-state index contributed by atoms with van der Waals surface area (Å²) in [7, 11) is 0. The van der Waals surface area contributed by atoms with Crippen LogP contribution in [0.15, 0.2) is 36.4 Å². The zero-order valence-corrected chi connectivity index (χ0v) is 12.2. The molecule has 1 aliphatic carbocycles. The fourth-order valence-electron chi connectivity index (χ4n) is 2.95. The molecule has 2 aromatic carbocycles. The average Bonchev–Trinajstić information content (AvgIpc) is 2.90. The van der Waals surface area contributed by atoms with Crippen LogP contribution in [-0.2, 0) is 19.3 Å². The molecule has 102 valence electrons. The van der Waals surface area contributed by atoms with Gasteiger partial charge < -0.3 is 0 Å². The van der Waals surface area contributed by atoms with E-state index in [9.17, 15) is 4.79 Å². The Morgan fingerprint density at radius 2 is 1.75 bits per heavy atom. The zero-order chi connectivity index (χ0) is 14.1. The van der Waals surface area contributed by atoms with Gasteiger partial charge in [0, 0.05) is 12.0 Å². The SMILES string of the molecule is Cc1ccc(CC(=O)c2ccc3c(c2)CCC3)cc1C. The van der Waals surface area contributed by atoms with E-state index in [2.05, 4.69) is 44.2 Å². The second-order valence-corrected chi connectivity index (χ2v) is 5.86. The highest BCUT2D eigenvalue weighted by Crippen LogP contribution is 2.23. The van der Waals surface area contributed by atoms with E-state index in [1.165, 1.54) is 35.1 Å². The van der Waals surface area contributed by atoms with Crippen LogP contribution in [0.1, 0.15) is 44.6 Å². The van der Waals surface area contributed by atoms with Crippen molar-refractivity contribution >= 4 is 5.78 Å². The number of Topliss-reactive ketones (excluding diaryl/α,β-unsaturated/α-hetero) is 1. The monoisotopic (exact) mass is 264 g/mol. The standard InChI is InChI=1S/C19H20O/c1-13-6-7-15(10-14(13)2)11-19(20)18-9-8-16-4-3-5-17(16)12-18/h6-10,12H,3-5,11H2,1-2H3. The number of ketones is 1. The summed E-state index contributed by atoms with van der Waals surface area (Å²) < 4.78 is 0. The van der Waals surface area contributed by atoms with E-state index < -0.39 is 0 Å². The van der Waals surface area contributed by atoms with Gasteiger partial charge in [-0.15, -0.1) is 0 Å². The lowest BCUT2D eigenvalue weighted by Gasteiger charge is -2.07. The van der Waals surface area contributed by atoms with Crippen molar-refractivity contribution in [3.05, 3.63) is 69.8 Å². The van der Waals surface area contributed by atoms with Crippen LogP contribution in [-0.4, -0.2) is 5.78 Å². The first-order valence-corrected chi connectivity index (χ1v) is 7.34. The first-order valence-electron chi connectivity index (χ1n) is 7.34. The first kappa shape index (κ1) is 13.1. The molecule has 0 fully saturated rings. The molecule has 0 radical (unpaired) electrons. The highest BCUT2D eigenvalue weighted by molar-refractivity contribution is 5.97. The molecular weight excluding hydrogens is 244 g/mol. The molecule has 0 heterocycles. The van der Waals surface area contributed by atoms with Gasteiger partial charge in [-0.3, -0.25) is 4.79 Å². The smallest absolute Gasteiger partial charge is 0.167 e. The maximum Gasteiger partial charge on any atom is 0.167 e. The molecule has 0 saturated heterocycles. The summed E-state index contributed by atoms with van der Waals surface area (Å²) in [5.41, 5.74) is 7.30. The summed E-state index contributed by atoms with van der Waals surface area (Å²) >= 11 is 0. The van der Waals surface area contributed by atoms with Crippen molar-refractivity contribution in [1.29, 1.82) is 0 Å². The fourth-order valence-corrected chi connectivity index (χ4v) is 2.95. The predicted octanol–water partition coefficient (Wildman–Crippen LogP) is 4.22. The lowest BCUT2D eigenvalue weighted by Crippen LogP contribution is -2.04. The Bertz CT molecular complexity index is 667. The normalized spacial score (nSPS) is 13.3. The van der Waals surface area contributed by atoms with Crippen LogP contribution in [0.25, 0.3) is 0 Å². The van der Waals surface area contributed by atoms with E-state index in [0.29, 0.717) is 6.42 Å². The van der Waals surface area contributed by atoms with Gasteiger partial charge in [0.2, 0.25) is 0 Å². The van der Waals surface area contributed by atoms with Crippen LogP contribution in [0.3, 0.4) is 0 Å². The highest BCUT2D eigenvalue weighted by Gasteiger charge is 2.14. The molecular formula is C19H20O. The number of carbonyl (C=O) groups excluding carboxylic acids is 1. The molecule has 1 nitrogen and oxygen atoms in total. The number of rotatable bonds is 3. The van der Waals surface area contributed by atoms with Crippen molar-refractivity contribution in [2.45, 2.75) is 39.5 Å². The highest BCUT2D eigenvalue weighted by atomic mass is 16.1. The van der Waals surface area contributed by atoms with Crippen LogP contribution >= 0.6 is 0 Å². The number of aryl methyl sites for hydroxylation is 4. The van der Waals surface area contributed by atoms with Gasteiger partial charge in [0.15, 0.2) is 5.78 Å². The minimum absolute atomic E-state index is 0.225. The van der Waals surface area contributed by atoms with Gasteiger partial charge in [0.25, 0.3) is 0 Å². The van der Waals surface area contributed by atoms with E-state index >= 15 is 0 Å². The number of carbonyl (C=O) groups is 1. The lowest BCUT2D eigenvalue weighted by atomic mass is 9.97. The quantitative estimate of drug-likeness (QED) is 0.759. The van der Waals surface area contributed by atoms with Crippen molar-refractivity contribution < 1.29 is 4.79 Å². The van der Waals surface area contributed by atoms with Gasteiger partial charge in [0.05, 0.1) is 0 Å². The summed E-state index contributed by atoms with van der Waals surface area (Å²) in [6.45, 7) is 4.19. The van der Waals surface area contributed by atoms with Gasteiger partial charge in [-0.25, -0.2) is 0 Å². The molecule has 1 heteroatoms. The molecule has 0 atom stereocenters. The number of hydrogen-bond acceptors (Lipinski definition) is 1. The summed E-state index contributed by atoms with van der Waals surface area (Å²) in [6, 6.07) is 12.5. The largest absolute Gasteiger partial charge is 0.294 e. The van der Waals surface area contributed by atoms with E-state index in [1.54, 1.807) is 0 Å². The maximum atomic E-state index is 12.4. The Hall–Kier alpha value is -1.89.